The maximum atomic E-state index is 13.0. The maximum Gasteiger partial charge on any atom is 0.363 e. The molecule has 0 spiro atoms. The smallest absolute Gasteiger partial charge is 0.363 e. The van der Waals surface area contributed by atoms with Gasteiger partial charge in [-0.3, -0.25) is 14.6 Å². The van der Waals surface area contributed by atoms with E-state index < -0.39 is 17.2 Å². The summed E-state index contributed by atoms with van der Waals surface area (Å²) in [6.45, 7) is 0.388. The Morgan fingerprint density at radius 2 is 1.13 bits per heavy atom. The second kappa shape index (κ2) is 11.4. The molecule has 5 rings (SSSR count). The fourth-order valence-corrected chi connectivity index (χ4v) is 4.22. The number of nitrogens with zero attached hydrogens (tertiary/aromatic N) is 1. The maximum absolute atomic E-state index is 13.0. The number of hydrogen-bond acceptors (Lipinski definition) is 5. The van der Waals surface area contributed by atoms with Crippen molar-refractivity contribution in [2.24, 2.45) is 0 Å². The zero-order valence-corrected chi connectivity index (χ0v) is 20.9. The second-order valence-corrected chi connectivity index (χ2v) is 8.96. The normalized spacial score (nSPS) is 10.7. The van der Waals surface area contributed by atoms with Crippen molar-refractivity contribution < 1.29 is 10.0 Å². The molecule has 0 aliphatic rings. The Morgan fingerprint density at radius 3 is 1.64 bits per heavy atom. The Morgan fingerprint density at radius 1 is 0.667 bits per heavy atom. The van der Waals surface area contributed by atoms with Crippen LogP contribution in [0, 0.1) is 0 Å². The van der Waals surface area contributed by atoms with Crippen LogP contribution in [0.2, 0.25) is 0 Å². The van der Waals surface area contributed by atoms with Gasteiger partial charge in [-0.15, -0.1) is 0 Å². The Labute approximate surface area is 224 Å². The number of benzene rings is 4. The molecular weight excluding hydrogens is 492 g/mol. The molecule has 8 heteroatoms. The number of H-pyrrole nitrogens is 1. The summed E-state index contributed by atoms with van der Waals surface area (Å²) in [7, 11) is 0. The highest BCUT2D eigenvalue weighted by atomic mass is 16.5. The summed E-state index contributed by atoms with van der Waals surface area (Å²) < 4.78 is -0.108. The van der Waals surface area contributed by atoms with E-state index in [4.69, 9.17) is 0 Å². The average molecular weight is 519 g/mol. The van der Waals surface area contributed by atoms with Gasteiger partial charge in [0.05, 0.1) is 0 Å². The topological polar surface area (TPSA) is 116 Å². The van der Waals surface area contributed by atoms with Gasteiger partial charge in [0.15, 0.2) is 0 Å². The van der Waals surface area contributed by atoms with E-state index in [2.05, 4.69) is 15.6 Å². The molecule has 194 valence electrons. The zero-order chi connectivity index (χ0) is 27.2. The lowest BCUT2D eigenvalue weighted by Crippen LogP contribution is -2.41. The molecule has 1 heterocycles. The molecule has 0 radical (unpaired) electrons. The van der Waals surface area contributed by atoms with Crippen LogP contribution < -0.4 is 21.9 Å². The first-order valence-corrected chi connectivity index (χ1v) is 12.4. The van der Waals surface area contributed by atoms with Gasteiger partial charge < -0.3 is 15.8 Å². The van der Waals surface area contributed by atoms with Crippen LogP contribution in [-0.2, 0) is 13.1 Å². The summed E-state index contributed by atoms with van der Waals surface area (Å²) in [5.74, 6) is -0.799. The highest BCUT2D eigenvalue weighted by Crippen LogP contribution is 2.21. The standard InChI is InChI=1S/C31H26N4O4/c36-29(33-20-22-13-17-26(18-14-22)24-9-5-2-6-10-24)27-28(34-31(38)35(39)30(27)37)32-19-21-11-15-25(16-12-21)23-7-3-1-4-8-23/h1-18,32,39H,19-20H2,(H,33,36)(H,34,38). The third kappa shape index (κ3) is 5.80. The highest BCUT2D eigenvalue weighted by molar-refractivity contribution is 5.98. The number of aromatic nitrogens is 2. The monoisotopic (exact) mass is 518 g/mol. The van der Waals surface area contributed by atoms with Crippen LogP contribution in [0.25, 0.3) is 22.3 Å². The van der Waals surface area contributed by atoms with Crippen molar-refractivity contribution in [3.8, 4) is 22.3 Å². The number of hydrogen-bond donors (Lipinski definition) is 4. The van der Waals surface area contributed by atoms with Crippen molar-refractivity contribution in [3.05, 3.63) is 147 Å². The first kappa shape index (κ1) is 25.3. The largest absolute Gasteiger partial charge is 0.421 e. The van der Waals surface area contributed by atoms with Gasteiger partial charge in [-0.05, 0) is 33.4 Å². The van der Waals surface area contributed by atoms with Crippen LogP contribution in [-0.4, -0.2) is 20.8 Å². The highest BCUT2D eigenvalue weighted by Gasteiger charge is 2.21. The predicted octanol–water partition coefficient (Wildman–Crippen LogP) is 4.65. The molecule has 0 unspecified atom stereocenters. The van der Waals surface area contributed by atoms with Crippen molar-refractivity contribution in [2.45, 2.75) is 13.1 Å². The van der Waals surface area contributed by atoms with E-state index >= 15 is 0 Å². The van der Waals surface area contributed by atoms with Gasteiger partial charge in [-0.2, -0.15) is 0 Å². The van der Waals surface area contributed by atoms with Gasteiger partial charge in [-0.25, -0.2) is 4.79 Å². The Bertz CT molecular complexity index is 1690. The lowest BCUT2D eigenvalue weighted by Gasteiger charge is -2.13. The molecule has 0 bridgehead atoms. The van der Waals surface area contributed by atoms with E-state index in [0.29, 0.717) is 0 Å². The summed E-state index contributed by atoms with van der Waals surface area (Å²) in [5.41, 5.74) is 3.40. The van der Waals surface area contributed by atoms with Gasteiger partial charge in [0.1, 0.15) is 11.4 Å². The molecule has 0 saturated carbocycles. The quantitative estimate of drug-likeness (QED) is 0.223. The summed E-state index contributed by atoms with van der Waals surface area (Å²) >= 11 is 0. The van der Waals surface area contributed by atoms with E-state index in [-0.39, 0.29) is 29.2 Å². The van der Waals surface area contributed by atoms with E-state index in [1.807, 2.05) is 109 Å². The summed E-state index contributed by atoms with van der Waals surface area (Å²) in [4.78, 5) is 40.1. The molecule has 0 aliphatic carbocycles. The van der Waals surface area contributed by atoms with Crippen LogP contribution in [0.4, 0.5) is 5.82 Å². The molecular formula is C31H26N4O4. The number of rotatable bonds is 8. The van der Waals surface area contributed by atoms with E-state index in [0.717, 1.165) is 33.4 Å². The van der Waals surface area contributed by atoms with Crippen molar-refractivity contribution in [1.29, 1.82) is 0 Å². The Kier molecular flexibility index (Phi) is 7.36. The van der Waals surface area contributed by atoms with Gasteiger partial charge in [0.2, 0.25) is 0 Å². The fourth-order valence-electron chi connectivity index (χ4n) is 4.22. The molecule has 39 heavy (non-hydrogen) atoms. The number of carbonyl (C=O) groups excluding carboxylic acids is 1. The minimum absolute atomic E-state index is 0.0700. The number of carbonyl (C=O) groups is 1. The minimum atomic E-state index is -1.11. The van der Waals surface area contributed by atoms with Crippen molar-refractivity contribution in [1.82, 2.24) is 15.0 Å². The molecule has 0 atom stereocenters. The average Bonchev–Trinajstić information content (AvgIpc) is 2.99. The first-order valence-electron chi connectivity index (χ1n) is 12.4. The summed E-state index contributed by atoms with van der Waals surface area (Å²) in [5, 5.41) is 15.5. The Hall–Kier alpha value is -5.37. The molecule has 0 saturated heterocycles. The fraction of sp³-hybridized carbons (Fsp3) is 0.0645. The molecule has 4 aromatic carbocycles. The van der Waals surface area contributed by atoms with Crippen LogP contribution >= 0.6 is 0 Å². The third-order valence-electron chi connectivity index (χ3n) is 6.35. The molecule has 0 fully saturated rings. The summed E-state index contributed by atoms with van der Waals surface area (Å²) in [6, 6.07) is 35.3. The molecule has 4 N–H and O–H groups in total. The molecule has 1 aromatic heterocycles. The molecule has 8 nitrogen and oxygen atoms in total. The van der Waals surface area contributed by atoms with Crippen molar-refractivity contribution in [3.63, 3.8) is 0 Å². The van der Waals surface area contributed by atoms with Crippen LogP contribution in [0.3, 0.4) is 0 Å². The minimum Gasteiger partial charge on any atom is -0.421 e. The SMILES string of the molecule is O=C(NCc1ccc(-c2ccccc2)cc1)c1c(NCc2ccc(-c3ccccc3)cc2)[nH]c(=O)n(O)c1=O. The number of anilines is 1. The van der Waals surface area contributed by atoms with E-state index in [9.17, 15) is 19.6 Å². The van der Waals surface area contributed by atoms with Gasteiger partial charge >= 0.3 is 11.2 Å². The van der Waals surface area contributed by atoms with Gasteiger partial charge in [0.25, 0.3) is 5.91 Å². The van der Waals surface area contributed by atoms with Crippen LogP contribution in [0.5, 0.6) is 0 Å². The summed E-state index contributed by atoms with van der Waals surface area (Å²) in [6.07, 6.45) is 0. The number of amides is 1. The van der Waals surface area contributed by atoms with Gasteiger partial charge in [-0.1, -0.05) is 114 Å². The van der Waals surface area contributed by atoms with Crippen LogP contribution in [0.15, 0.2) is 119 Å². The number of aromatic amines is 1. The first-order chi connectivity index (χ1) is 19.0. The van der Waals surface area contributed by atoms with E-state index in [1.165, 1.54) is 0 Å². The van der Waals surface area contributed by atoms with Crippen LogP contribution in [0.1, 0.15) is 21.5 Å². The third-order valence-corrected chi connectivity index (χ3v) is 6.35. The van der Waals surface area contributed by atoms with E-state index in [1.54, 1.807) is 0 Å². The predicted molar refractivity (Wildman–Crippen MR) is 151 cm³/mol. The lowest BCUT2D eigenvalue weighted by molar-refractivity contribution is 0.0940. The molecule has 5 aromatic rings. The zero-order valence-electron chi connectivity index (χ0n) is 20.9. The lowest BCUT2D eigenvalue weighted by atomic mass is 10.0. The molecule has 0 aliphatic heterocycles. The number of nitrogens with one attached hydrogen (secondary N) is 3. The van der Waals surface area contributed by atoms with Gasteiger partial charge in [0, 0.05) is 13.1 Å². The molecule has 1 amide bonds. The Balaban J connectivity index is 1.29. The second-order valence-electron chi connectivity index (χ2n) is 8.96. The van der Waals surface area contributed by atoms with Crippen molar-refractivity contribution >= 4 is 11.7 Å². The van der Waals surface area contributed by atoms with Crippen molar-refractivity contribution in [2.75, 3.05) is 5.32 Å².